The molecule has 24 heavy (non-hydrogen) atoms. The Bertz CT molecular complexity index is 692. The van der Waals surface area contributed by atoms with Gasteiger partial charge in [0.25, 0.3) is 0 Å². The largest absolute Gasteiger partial charge is 0.481 e. The fraction of sp³-hybridized carbons (Fsp3) is 0.600. The second-order valence-corrected chi connectivity index (χ2v) is 8.82. The molecule has 1 aliphatic rings. The van der Waals surface area contributed by atoms with Gasteiger partial charge in [-0.15, -0.1) is 24.0 Å². The standard InChI is InChI=1S/C15H24N4O3S.HI/c1-15(2)11-19(8-9-23(15,20)21)14(16-3)18-10-12-6-5-7-17-13(12)22-4;/h5-7H,8-11H2,1-4H3,(H,16,18);1H. The van der Waals surface area contributed by atoms with Gasteiger partial charge in [-0.05, 0) is 19.9 Å². The number of nitrogens with one attached hydrogen (secondary N) is 1. The zero-order valence-corrected chi connectivity index (χ0v) is 17.6. The minimum Gasteiger partial charge on any atom is -0.481 e. The Morgan fingerprint density at radius 1 is 1.50 bits per heavy atom. The highest BCUT2D eigenvalue weighted by Gasteiger charge is 2.40. The summed E-state index contributed by atoms with van der Waals surface area (Å²) in [5.74, 6) is 1.38. The fourth-order valence-electron chi connectivity index (χ4n) is 2.57. The zero-order chi connectivity index (χ0) is 17.1. The van der Waals surface area contributed by atoms with Crippen LogP contribution in [0.1, 0.15) is 19.4 Å². The molecule has 1 fully saturated rings. The Kier molecular flexibility index (Phi) is 7.26. The van der Waals surface area contributed by atoms with E-state index >= 15 is 0 Å². The van der Waals surface area contributed by atoms with Crippen LogP contribution in [0.3, 0.4) is 0 Å². The van der Waals surface area contributed by atoms with E-state index in [0.717, 1.165) is 5.56 Å². The third-order valence-corrected chi connectivity index (χ3v) is 6.57. The number of aromatic nitrogens is 1. The van der Waals surface area contributed by atoms with Gasteiger partial charge in [-0.2, -0.15) is 0 Å². The molecule has 0 spiro atoms. The molecule has 2 rings (SSSR count). The predicted molar refractivity (Wildman–Crippen MR) is 106 cm³/mol. The first-order valence-electron chi connectivity index (χ1n) is 7.46. The first-order valence-corrected chi connectivity index (χ1v) is 9.12. The molecule has 0 unspecified atom stereocenters. The number of sulfone groups is 1. The molecule has 0 amide bonds. The lowest BCUT2D eigenvalue weighted by Crippen LogP contribution is -2.57. The number of hydrogen-bond acceptors (Lipinski definition) is 5. The predicted octanol–water partition coefficient (Wildman–Crippen LogP) is 1.29. The van der Waals surface area contributed by atoms with E-state index in [9.17, 15) is 8.42 Å². The van der Waals surface area contributed by atoms with E-state index in [2.05, 4.69) is 15.3 Å². The van der Waals surface area contributed by atoms with Crippen molar-refractivity contribution in [2.75, 3.05) is 33.0 Å². The Morgan fingerprint density at radius 2 is 2.21 bits per heavy atom. The Labute approximate surface area is 160 Å². The van der Waals surface area contributed by atoms with Crippen LogP contribution in [0, 0.1) is 0 Å². The topological polar surface area (TPSA) is 83.9 Å². The lowest BCUT2D eigenvalue weighted by atomic mass is 10.2. The van der Waals surface area contributed by atoms with Crippen LogP contribution in [0.5, 0.6) is 5.88 Å². The molecule has 1 saturated heterocycles. The van der Waals surface area contributed by atoms with Crippen LogP contribution in [0.2, 0.25) is 0 Å². The first kappa shape index (κ1) is 20.9. The summed E-state index contributed by atoms with van der Waals surface area (Å²) in [6.45, 7) is 4.87. The summed E-state index contributed by atoms with van der Waals surface area (Å²) < 4.78 is 28.7. The van der Waals surface area contributed by atoms with Crippen molar-refractivity contribution in [1.82, 2.24) is 15.2 Å². The number of hydrogen-bond donors (Lipinski definition) is 1. The maximum atomic E-state index is 12.1. The van der Waals surface area contributed by atoms with Crippen LogP contribution in [0.25, 0.3) is 0 Å². The van der Waals surface area contributed by atoms with Gasteiger partial charge in [0.2, 0.25) is 5.88 Å². The normalized spacial score (nSPS) is 19.3. The molecule has 1 aromatic rings. The number of halogens is 1. The van der Waals surface area contributed by atoms with Gasteiger partial charge < -0.3 is 15.0 Å². The lowest BCUT2D eigenvalue weighted by Gasteiger charge is -2.39. The Hall–Kier alpha value is -1.10. The zero-order valence-electron chi connectivity index (χ0n) is 14.4. The van der Waals surface area contributed by atoms with E-state index < -0.39 is 14.6 Å². The summed E-state index contributed by atoms with van der Waals surface area (Å²) >= 11 is 0. The quantitative estimate of drug-likeness (QED) is 0.409. The van der Waals surface area contributed by atoms with E-state index in [4.69, 9.17) is 4.74 Å². The second kappa shape index (κ2) is 8.32. The smallest absolute Gasteiger partial charge is 0.218 e. The molecule has 136 valence electrons. The molecule has 0 aromatic carbocycles. The molecule has 0 atom stereocenters. The summed E-state index contributed by atoms with van der Waals surface area (Å²) in [5.41, 5.74) is 0.917. The molecule has 7 nitrogen and oxygen atoms in total. The maximum Gasteiger partial charge on any atom is 0.218 e. The molecule has 0 aliphatic carbocycles. The van der Waals surface area contributed by atoms with Gasteiger partial charge in [-0.3, -0.25) is 4.99 Å². The number of pyridine rings is 1. The highest BCUT2D eigenvalue weighted by molar-refractivity contribution is 14.0. The summed E-state index contributed by atoms with van der Waals surface area (Å²) in [6.07, 6.45) is 1.68. The SMILES string of the molecule is CN=C(NCc1cccnc1OC)N1CCS(=O)(=O)C(C)(C)C1.I. The summed E-state index contributed by atoms with van der Waals surface area (Å²) in [6, 6.07) is 3.77. The number of nitrogens with zero attached hydrogens (tertiary/aromatic N) is 3. The summed E-state index contributed by atoms with van der Waals surface area (Å²) in [7, 11) is 0.208. The number of guanidine groups is 1. The Balaban J connectivity index is 0.00000288. The van der Waals surface area contributed by atoms with Crippen LogP contribution in [0.15, 0.2) is 23.3 Å². The molecule has 0 radical (unpaired) electrons. The monoisotopic (exact) mass is 468 g/mol. The number of ether oxygens (including phenoxy) is 1. The van der Waals surface area contributed by atoms with Crippen LogP contribution < -0.4 is 10.1 Å². The highest BCUT2D eigenvalue weighted by atomic mass is 127. The van der Waals surface area contributed by atoms with Gasteiger partial charge in [0.15, 0.2) is 15.8 Å². The molecular formula is C15H25IN4O3S. The molecule has 1 aromatic heterocycles. The molecule has 9 heteroatoms. The maximum absolute atomic E-state index is 12.1. The van der Waals surface area contributed by atoms with Gasteiger partial charge in [0.05, 0.1) is 17.6 Å². The van der Waals surface area contributed by atoms with Crippen molar-refractivity contribution in [3.05, 3.63) is 23.9 Å². The second-order valence-electron chi connectivity index (χ2n) is 6.07. The number of methoxy groups -OCH3 is 1. The molecule has 0 bridgehead atoms. The van der Waals surface area contributed by atoms with Gasteiger partial charge in [0.1, 0.15) is 0 Å². The molecular weight excluding hydrogens is 443 g/mol. The van der Waals surface area contributed by atoms with E-state index in [1.165, 1.54) is 0 Å². The first-order chi connectivity index (χ1) is 10.8. The van der Waals surface area contributed by atoms with Gasteiger partial charge in [-0.25, -0.2) is 13.4 Å². The van der Waals surface area contributed by atoms with E-state index in [1.807, 2.05) is 17.0 Å². The third-order valence-electron chi connectivity index (χ3n) is 4.04. The molecule has 2 heterocycles. The van der Waals surface area contributed by atoms with Crippen molar-refractivity contribution in [2.45, 2.75) is 25.1 Å². The summed E-state index contributed by atoms with van der Waals surface area (Å²) in [5, 5.41) is 3.26. The van der Waals surface area contributed by atoms with Crippen LogP contribution in [-0.4, -0.2) is 62.0 Å². The lowest BCUT2D eigenvalue weighted by molar-refractivity contribution is 0.352. The van der Waals surface area contributed by atoms with Crippen LogP contribution in [0.4, 0.5) is 0 Å². The van der Waals surface area contributed by atoms with Crippen molar-refractivity contribution in [3.63, 3.8) is 0 Å². The average Bonchev–Trinajstić information content (AvgIpc) is 2.51. The van der Waals surface area contributed by atoms with Crippen molar-refractivity contribution in [2.24, 2.45) is 4.99 Å². The molecule has 1 aliphatic heterocycles. The van der Waals surface area contributed by atoms with Gasteiger partial charge >= 0.3 is 0 Å². The molecule has 1 N–H and O–H groups in total. The van der Waals surface area contributed by atoms with E-state index in [-0.39, 0.29) is 29.7 Å². The van der Waals surface area contributed by atoms with Crippen LogP contribution in [-0.2, 0) is 16.4 Å². The minimum absolute atomic E-state index is 0. The van der Waals surface area contributed by atoms with E-state index in [0.29, 0.717) is 31.5 Å². The van der Waals surface area contributed by atoms with Crippen molar-refractivity contribution in [3.8, 4) is 5.88 Å². The van der Waals surface area contributed by atoms with Gasteiger partial charge in [0, 0.05) is 38.4 Å². The third kappa shape index (κ3) is 4.50. The van der Waals surface area contributed by atoms with Crippen molar-refractivity contribution in [1.29, 1.82) is 0 Å². The van der Waals surface area contributed by atoms with Crippen molar-refractivity contribution < 1.29 is 13.2 Å². The van der Waals surface area contributed by atoms with Crippen LogP contribution >= 0.6 is 24.0 Å². The van der Waals surface area contributed by atoms with Gasteiger partial charge in [-0.1, -0.05) is 6.07 Å². The minimum atomic E-state index is -3.07. The average molecular weight is 468 g/mol. The number of rotatable bonds is 3. The Morgan fingerprint density at radius 3 is 2.79 bits per heavy atom. The van der Waals surface area contributed by atoms with Crippen molar-refractivity contribution >= 4 is 39.8 Å². The summed E-state index contributed by atoms with van der Waals surface area (Å²) in [4.78, 5) is 10.4. The van der Waals surface area contributed by atoms with E-state index in [1.54, 1.807) is 34.2 Å². The molecule has 0 saturated carbocycles. The fourth-order valence-corrected chi connectivity index (χ4v) is 3.94. The highest BCUT2D eigenvalue weighted by Crippen LogP contribution is 2.23. The number of aliphatic imine (C=N–C) groups is 1.